The van der Waals surface area contributed by atoms with Gasteiger partial charge in [-0.15, -0.1) is 0 Å². The highest BCUT2D eigenvalue weighted by Gasteiger charge is 2.35. The van der Waals surface area contributed by atoms with E-state index in [1.54, 1.807) is 13.8 Å². The molecule has 1 aliphatic rings. The first-order valence-corrected chi connectivity index (χ1v) is 7.69. The largest absolute Gasteiger partial charge is 0.326 e. The molecule has 1 saturated heterocycles. The molecule has 110 valence electrons. The number of nitrogens with zero attached hydrogens (tertiary/aromatic N) is 2. The maximum Gasteiger partial charge on any atom is 0.289 e. The molecule has 1 aliphatic heterocycles. The van der Waals surface area contributed by atoms with Crippen molar-refractivity contribution in [3.8, 4) is 0 Å². The Morgan fingerprint density at radius 3 is 2.45 bits per heavy atom. The van der Waals surface area contributed by atoms with Crippen LogP contribution in [0.2, 0.25) is 0 Å². The van der Waals surface area contributed by atoms with Crippen LogP contribution in [0.1, 0.15) is 17.5 Å². The summed E-state index contributed by atoms with van der Waals surface area (Å²) in [6.07, 6.45) is 0.567. The average Bonchev–Trinajstić information content (AvgIpc) is 2.79. The zero-order valence-electron chi connectivity index (χ0n) is 11.4. The van der Waals surface area contributed by atoms with E-state index < -0.39 is 14.9 Å². The normalized spacial score (nSPS) is 20.2. The van der Waals surface area contributed by atoms with Crippen molar-refractivity contribution in [3.05, 3.63) is 33.4 Å². The number of hydrogen-bond acceptors (Lipinski definition) is 5. The molecular formula is C12H17N3O4S. The minimum absolute atomic E-state index is 0.201. The van der Waals surface area contributed by atoms with Crippen LogP contribution in [0.15, 0.2) is 17.0 Å². The maximum atomic E-state index is 12.5. The number of aryl methyl sites for hydroxylation is 2. The van der Waals surface area contributed by atoms with Crippen LogP contribution < -0.4 is 5.73 Å². The highest BCUT2D eigenvalue weighted by Crippen LogP contribution is 2.31. The Bertz CT molecular complexity index is 657. The minimum atomic E-state index is -3.87. The number of nitro benzene ring substituents is 1. The first-order chi connectivity index (χ1) is 9.23. The van der Waals surface area contributed by atoms with E-state index in [-0.39, 0.29) is 23.2 Å². The third-order valence-electron chi connectivity index (χ3n) is 3.58. The van der Waals surface area contributed by atoms with Gasteiger partial charge in [-0.05, 0) is 37.5 Å². The van der Waals surface area contributed by atoms with E-state index in [1.165, 1.54) is 16.4 Å². The number of rotatable bonds is 3. The summed E-state index contributed by atoms with van der Waals surface area (Å²) in [5.74, 6) is 0. The van der Waals surface area contributed by atoms with E-state index in [0.29, 0.717) is 24.1 Å². The molecule has 2 rings (SSSR count). The van der Waals surface area contributed by atoms with Crippen LogP contribution in [0.3, 0.4) is 0 Å². The lowest BCUT2D eigenvalue weighted by Gasteiger charge is -2.16. The Balaban J connectivity index is 2.56. The molecule has 1 aromatic rings. The molecule has 8 heteroatoms. The summed E-state index contributed by atoms with van der Waals surface area (Å²) in [6, 6.07) is 2.46. The molecule has 2 N–H and O–H groups in total. The highest BCUT2D eigenvalue weighted by molar-refractivity contribution is 7.89. The summed E-state index contributed by atoms with van der Waals surface area (Å²) < 4.78 is 26.3. The summed E-state index contributed by atoms with van der Waals surface area (Å²) in [6.45, 7) is 3.94. The second-order valence-electron chi connectivity index (χ2n) is 5.07. The molecule has 0 radical (unpaired) electrons. The predicted octanol–water partition coefficient (Wildman–Crippen LogP) is 0.933. The first kappa shape index (κ1) is 14.9. The number of nitro groups is 1. The van der Waals surface area contributed by atoms with Gasteiger partial charge in [0.2, 0.25) is 10.0 Å². The van der Waals surface area contributed by atoms with Crippen LogP contribution in [0.4, 0.5) is 5.69 Å². The third-order valence-corrected chi connectivity index (χ3v) is 5.47. The van der Waals surface area contributed by atoms with Crippen molar-refractivity contribution in [1.29, 1.82) is 0 Å². The molecule has 0 aromatic heterocycles. The van der Waals surface area contributed by atoms with Gasteiger partial charge in [0.1, 0.15) is 0 Å². The molecule has 0 aliphatic carbocycles. The van der Waals surface area contributed by atoms with E-state index in [9.17, 15) is 18.5 Å². The van der Waals surface area contributed by atoms with Gasteiger partial charge in [-0.25, -0.2) is 8.42 Å². The van der Waals surface area contributed by atoms with Crippen LogP contribution in [-0.4, -0.2) is 36.8 Å². The molecule has 0 bridgehead atoms. The smallest absolute Gasteiger partial charge is 0.289 e. The quantitative estimate of drug-likeness (QED) is 0.660. The van der Waals surface area contributed by atoms with E-state index in [1.807, 2.05) is 0 Å². The van der Waals surface area contributed by atoms with Crippen LogP contribution in [0, 0.1) is 24.0 Å². The van der Waals surface area contributed by atoms with Crippen molar-refractivity contribution >= 4 is 15.7 Å². The highest BCUT2D eigenvalue weighted by atomic mass is 32.2. The van der Waals surface area contributed by atoms with E-state index in [4.69, 9.17) is 5.73 Å². The maximum absolute atomic E-state index is 12.5. The van der Waals surface area contributed by atoms with Crippen molar-refractivity contribution in [2.45, 2.75) is 31.2 Å². The summed E-state index contributed by atoms with van der Waals surface area (Å²) in [5.41, 5.74) is 6.73. The topological polar surface area (TPSA) is 107 Å². The van der Waals surface area contributed by atoms with Gasteiger partial charge in [-0.2, -0.15) is 4.31 Å². The zero-order chi connectivity index (χ0) is 15.1. The fourth-order valence-electron chi connectivity index (χ4n) is 2.24. The first-order valence-electron chi connectivity index (χ1n) is 6.25. The van der Waals surface area contributed by atoms with Crippen molar-refractivity contribution in [2.75, 3.05) is 13.1 Å². The monoisotopic (exact) mass is 299 g/mol. The SMILES string of the molecule is Cc1cc([N+](=O)[O-])c(S(=O)(=O)N2CC[C@@H](N)C2)cc1C. The van der Waals surface area contributed by atoms with Gasteiger partial charge in [0.25, 0.3) is 5.69 Å². The van der Waals surface area contributed by atoms with Crippen molar-refractivity contribution in [1.82, 2.24) is 4.31 Å². The van der Waals surface area contributed by atoms with Crippen LogP contribution in [0.25, 0.3) is 0 Å². The Morgan fingerprint density at radius 1 is 1.35 bits per heavy atom. The van der Waals surface area contributed by atoms with E-state index >= 15 is 0 Å². The molecule has 7 nitrogen and oxygen atoms in total. The molecular weight excluding hydrogens is 282 g/mol. The molecule has 1 fully saturated rings. The fourth-order valence-corrected chi connectivity index (χ4v) is 3.97. The summed E-state index contributed by atoms with van der Waals surface area (Å²) in [7, 11) is -3.87. The Hall–Kier alpha value is -1.51. The fraction of sp³-hybridized carbons (Fsp3) is 0.500. The van der Waals surface area contributed by atoms with Crippen LogP contribution >= 0.6 is 0 Å². The summed E-state index contributed by atoms with van der Waals surface area (Å²) in [5, 5.41) is 11.1. The summed E-state index contributed by atoms with van der Waals surface area (Å²) in [4.78, 5) is 10.2. The van der Waals surface area contributed by atoms with Gasteiger partial charge in [0.15, 0.2) is 4.90 Å². The van der Waals surface area contributed by atoms with Gasteiger partial charge in [-0.1, -0.05) is 0 Å². The van der Waals surface area contributed by atoms with Gasteiger partial charge < -0.3 is 5.73 Å². The number of nitrogens with two attached hydrogens (primary N) is 1. The Labute approximate surface area is 117 Å². The van der Waals surface area contributed by atoms with E-state index in [2.05, 4.69) is 0 Å². The van der Waals surface area contributed by atoms with Gasteiger partial charge in [-0.3, -0.25) is 10.1 Å². The Kier molecular flexibility index (Phi) is 3.81. The van der Waals surface area contributed by atoms with Crippen LogP contribution in [-0.2, 0) is 10.0 Å². The number of sulfonamides is 1. The minimum Gasteiger partial charge on any atom is -0.326 e. The molecule has 0 saturated carbocycles. The van der Waals surface area contributed by atoms with Crippen molar-refractivity contribution in [2.24, 2.45) is 5.73 Å². The van der Waals surface area contributed by atoms with E-state index in [0.717, 1.165) is 0 Å². The lowest BCUT2D eigenvalue weighted by Crippen LogP contribution is -2.32. The average molecular weight is 299 g/mol. The van der Waals surface area contributed by atoms with Crippen molar-refractivity contribution in [3.63, 3.8) is 0 Å². The second-order valence-corrected chi connectivity index (χ2v) is 6.98. The summed E-state index contributed by atoms with van der Waals surface area (Å²) >= 11 is 0. The lowest BCUT2D eigenvalue weighted by atomic mass is 10.1. The van der Waals surface area contributed by atoms with Gasteiger partial charge in [0, 0.05) is 25.2 Å². The second kappa shape index (κ2) is 5.12. The molecule has 1 heterocycles. The van der Waals surface area contributed by atoms with Gasteiger partial charge in [0.05, 0.1) is 4.92 Å². The molecule has 0 unspecified atom stereocenters. The van der Waals surface area contributed by atoms with Crippen LogP contribution in [0.5, 0.6) is 0 Å². The molecule has 20 heavy (non-hydrogen) atoms. The van der Waals surface area contributed by atoms with Crippen molar-refractivity contribution < 1.29 is 13.3 Å². The molecule has 1 atom stereocenters. The Morgan fingerprint density at radius 2 is 1.95 bits per heavy atom. The predicted molar refractivity (Wildman–Crippen MR) is 73.9 cm³/mol. The zero-order valence-corrected chi connectivity index (χ0v) is 12.2. The van der Waals surface area contributed by atoms with Gasteiger partial charge >= 0.3 is 0 Å². The molecule has 0 spiro atoms. The standard InChI is InChI=1S/C12H17N3O4S/c1-8-5-11(15(16)17)12(6-9(8)2)20(18,19)14-4-3-10(13)7-14/h5-6,10H,3-4,7,13H2,1-2H3/t10-/m1/s1. The third kappa shape index (κ3) is 2.54. The molecule has 1 aromatic carbocycles. The molecule has 0 amide bonds. The number of hydrogen-bond donors (Lipinski definition) is 1. The lowest BCUT2D eigenvalue weighted by molar-refractivity contribution is -0.387. The number of benzene rings is 1.